The Kier molecular flexibility index (Phi) is 6.01. The van der Waals surface area contributed by atoms with E-state index in [0.717, 1.165) is 50.5 Å². The second-order valence-corrected chi connectivity index (χ2v) is 7.04. The Hall–Kier alpha value is -1.26. The molecule has 0 radical (unpaired) electrons. The first kappa shape index (κ1) is 17.6. The van der Waals surface area contributed by atoms with E-state index in [1.807, 2.05) is 0 Å². The van der Waals surface area contributed by atoms with Gasteiger partial charge in [0.05, 0.1) is 13.2 Å². The molecule has 1 saturated carbocycles. The predicted octanol–water partition coefficient (Wildman–Crippen LogP) is 4.74. The zero-order chi connectivity index (χ0) is 16.8. The van der Waals surface area contributed by atoms with Crippen LogP contribution in [-0.2, 0) is 20.1 Å². The number of Topliss-reactive ketones (excluding diaryl/α,β-unsaturated/α-hetero) is 1. The molecule has 1 saturated heterocycles. The van der Waals surface area contributed by atoms with E-state index in [0.29, 0.717) is 24.9 Å². The van der Waals surface area contributed by atoms with Crippen molar-refractivity contribution < 1.29 is 18.7 Å². The van der Waals surface area contributed by atoms with E-state index in [4.69, 9.17) is 9.47 Å². The van der Waals surface area contributed by atoms with Crippen LogP contribution in [0.5, 0.6) is 0 Å². The van der Waals surface area contributed by atoms with Crippen molar-refractivity contribution in [2.24, 2.45) is 5.92 Å². The maximum atomic E-state index is 13.2. The largest absolute Gasteiger partial charge is 0.343 e. The lowest BCUT2D eigenvalue weighted by molar-refractivity contribution is -0.171. The van der Waals surface area contributed by atoms with E-state index in [1.54, 1.807) is 12.1 Å². The molecule has 3 rings (SSSR count). The molecule has 2 aliphatic rings. The summed E-state index contributed by atoms with van der Waals surface area (Å²) in [6.45, 7) is 1.17. The number of halogens is 1. The number of unbranched alkanes of at least 4 members (excludes halogenated alkanes) is 1. The molecule has 1 aliphatic carbocycles. The smallest absolute Gasteiger partial charge is 0.194 e. The van der Waals surface area contributed by atoms with Crippen LogP contribution >= 0.6 is 0 Å². The zero-order valence-electron chi connectivity index (χ0n) is 14.3. The third-order valence-electron chi connectivity index (χ3n) is 5.31. The van der Waals surface area contributed by atoms with Crippen molar-refractivity contribution in [3.8, 4) is 0 Å². The number of carbonyl (C=O) groups is 1. The van der Waals surface area contributed by atoms with Crippen molar-refractivity contribution in [3.63, 3.8) is 0 Å². The van der Waals surface area contributed by atoms with Gasteiger partial charge in [0.25, 0.3) is 0 Å². The molecule has 24 heavy (non-hydrogen) atoms. The Morgan fingerprint density at radius 1 is 1.04 bits per heavy atom. The van der Waals surface area contributed by atoms with E-state index >= 15 is 0 Å². The van der Waals surface area contributed by atoms with Gasteiger partial charge < -0.3 is 9.47 Å². The van der Waals surface area contributed by atoms with E-state index in [-0.39, 0.29) is 5.82 Å². The second kappa shape index (κ2) is 8.21. The minimum atomic E-state index is -0.701. The van der Waals surface area contributed by atoms with Crippen LogP contribution in [0.1, 0.15) is 63.4 Å². The highest BCUT2D eigenvalue weighted by molar-refractivity contribution is 5.78. The van der Waals surface area contributed by atoms with Gasteiger partial charge >= 0.3 is 0 Å². The number of hydrogen-bond donors (Lipinski definition) is 0. The zero-order valence-corrected chi connectivity index (χ0v) is 14.3. The van der Waals surface area contributed by atoms with Crippen LogP contribution in [0.4, 0.5) is 4.39 Å². The van der Waals surface area contributed by atoms with Crippen LogP contribution in [-0.4, -0.2) is 19.0 Å². The molecule has 1 heterocycles. The lowest BCUT2D eigenvalue weighted by Crippen LogP contribution is -2.27. The third kappa shape index (κ3) is 4.42. The van der Waals surface area contributed by atoms with Gasteiger partial charge in [-0.1, -0.05) is 31.4 Å². The van der Waals surface area contributed by atoms with Gasteiger partial charge in [-0.05, 0) is 37.3 Å². The number of rotatable bonds is 6. The molecule has 132 valence electrons. The van der Waals surface area contributed by atoms with E-state index < -0.39 is 5.79 Å². The van der Waals surface area contributed by atoms with Gasteiger partial charge in [0, 0.05) is 24.8 Å². The van der Waals surface area contributed by atoms with Crippen LogP contribution in [0, 0.1) is 11.7 Å². The summed E-state index contributed by atoms with van der Waals surface area (Å²) >= 11 is 0. The van der Waals surface area contributed by atoms with Crippen LogP contribution in [0.2, 0.25) is 0 Å². The highest BCUT2D eigenvalue weighted by atomic mass is 19.1. The molecule has 1 atom stereocenters. The fourth-order valence-electron chi connectivity index (χ4n) is 3.92. The van der Waals surface area contributed by atoms with Crippen molar-refractivity contribution >= 4 is 5.78 Å². The first-order valence-electron chi connectivity index (χ1n) is 9.24. The molecule has 1 unspecified atom stereocenters. The van der Waals surface area contributed by atoms with Gasteiger partial charge in [-0.2, -0.15) is 0 Å². The number of hydrogen-bond acceptors (Lipinski definition) is 3. The third-order valence-corrected chi connectivity index (χ3v) is 5.31. The van der Waals surface area contributed by atoms with Crippen molar-refractivity contribution in [2.45, 2.75) is 63.6 Å². The Labute approximate surface area is 143 Å². The molecule has 0 bridgehead atoms. The highest BCUT2D eigenvalue weighted by Crippen LogP contribution is 2.37. The number of carbonyl (C=O) groups excluding carboxylic acids is 1. The monoisotopic (exact) mass is 334 g/mol. The van der Waals surface area contributed by atoms with E-state index in [2.05, 4.69) is 0 Å². The lowest BCUT2D eigenvalue weighted by atomic mass is 9.92. The van der Waals surface area contributed by atoms with Crippen molar-refractivity contribution in [2.75, 3.05) is 13.2 Å². The van der Waals surface area contributed by atoms with Crippen molar-refractivity contribution in [1.29, 1.82) is 0 Å². The summed E-state index contributed by atoms with van der Waals surface area (Å²) in [6.07, 6.45) is 8.92. The normalized spacial score (nSPS) is 24.0. The average Bonchev–Trinajstić information content (AvgIpc) is 2.97. The molecule has 0 spiro atoms. The molecule has 2 fully saturated rings. The predicted molar refractivity (Wildman–Crippen MR) is 90.0 cm³/mol. The van der Waals surface area contributed by atoms with E-state index in [9.17, 15) is 9.18 Å². The topological polar surface area (TPSA) is 35.5 Å². The molecule has 1 aromatic rings. The molecule has 1 aromatic carbocycles. The molecular weight excluding hydrogens is 307 g/mol. The van der Waals surface area contributed by atoms with Gasteiger partial charge in [-0.25, -0.2) is 4.39 Å². The Bertz CT molecular complexity index is 534. The summed E-state index contributed by atoms with van der Waals surface area (Å²) in [5.41, 5.74) is 0.904. The minimum absolute atomic E-state index is 0.241. The Morgan fingerprint density at radius 3 is 2.54 bits per heavy atom. The number of ketones is 1. The maximum absolute atomic E-state index is 13.2. The summed E-state index contributed by atoms with van der Waals surface area (Å²) in [5.74, 6) is 0.173. The maximum Gasteiger partial charge on any atom is 0.194 e. The van der Waals surface area contributed by atoms with Gasteiger partial charge in [-0.15, -0.1) is 0 Å². The van der Waals surface area contributed by atoms with Crippen LogP contribution in [0.15, 0.2) is 24.3 Å². The standard InChI is InChI=1S/C20H27FO3/c21-18-10-8-17(9-11-18)20(23-14-15-24-20)13-2-1-4-16-5-3-6-19(22)12-7-16/h8-11,16H,1-7,12-15H2. The lowest BCUT2D eigenvalue weighted by Gasteiger charge is -2.28. The SMILES string of the molecule is O=C1CCCC(CCCCC2(c3ccc(F)cc3)OCCO2)CC1. The number of ether oxygens (including phenoxy) is 2. The van der Waals surface area contributed by atoms with Crippen molar-refractivity contribution in [3.05, 3.63) is 35.6 Å². The molecule has 0 aromatic heterocycles. The second-order valence-electron chi connectivity index (χ2n) is 7.04. The highest BCUT2D eigenvalue weighted by Gasteiger charge is 2.37. The molecule has 1 aliphatic heterocycles. The quantitative estimate of drug-likeness (QED) is 0.557. The summed E-state index contributed by atoms with van der Waals surface area (Å²) in [7, 11) is 0. The van der Waals surface area contributed by atoms with Gasteiger partial charge in [0.15, 0.2) is 5.79 Å². The average molecular weight is 334 g/mol. The van der Waals surface area contributed by atoms with E-state index in [1.165, 1.54) is 25.0 Å². The fourth-order valence-corrected chi connectivity index (χ4v) is 3.92. The summed E-state index contributed by atoms with van der Waals surface area (Å²) in [4.78, 5) is 11.5. The number of benzene rings is 1. The summed E-state index contributed by atoms with van der Waals surface area (Å²) in [6, 6.07) is 6.45. The fraction of sp³-hybridized carbons (Fsp3) is 0.650. The first-order valence-corrected chi connectivity index (χ1v) is 9.24. The Balaban J connectivity index is 1.50. The molecule has 0 N–H and O–H groups in total. The van der Waals surface area contributed by atoms with Crippen molar-refractivity contribution in [1.82, 2.24) is 0 Å². The van der Waals surface area contributed by atoms with Crippen LogP contribution < -0.4 is 0 Å². The first-order chi connectivity index (χ1) is 11.7. The van der Waals surface area contributed by atoms with Crippen LogP contribution in [0.3, 0.4) is 0 Å². The van der Waals surface area contributed by atoms with Gasteiger partial charge in [-0.3, -0.25) is 4.79 Å². The summed E-state index contributed by atoms with van der Waals surface area (Å²) in [5, 5.41) is 0. The van der Waals surface area contributed by atoms with Crippen LogP contribution in [0.25, 0.3) is 0 Å². The van der Waals surface area contributed by atoms with Gasteiger partial charge in [0.2, 0.25) is 0 Å². The minimum Gasteiger partial charge on any atom is -0.343 e. The molecule has 0 amide bonds. The summed E-state index contributed by atoms with van der Waals surface area (Å²) < 4.78 is 25.0. The van der Waals surface area contributed by atoms with Gasteiger partial charge in [0.1, 0.15) is 11.6 Å². The molecule has 3 nitrogen and oxygen atoms in total. The molecular formula is C20H27FO3. The molecule has 4 heteroatoms. The Morgan fingerprint density at radius 2 is 1.79 bits per heavy atom.